The summed E-state index contributed by atoms with van der Waals surface area (Å²) in [5.41, 5.74) is 4.60. The fraction of sp³-hybridized carbons (Fsp3) is 0.429. The number of anilines is 1. The number of aromatic nitrogens is 1. The minimum absolute atomic E-state index is 0.121. The van der Waals surface area contributed by atoms with Crippen molar-refractivity contribution < 1.29 is 4.79 Å². The summed E-state index contributed by atoms with van der Waals surface area (Å²) in [5, 5.41) is 3.06. The van der Waals surface area contributed by atoms with Crippen LogP contribution in [-0.2, 0) is 12.8 Å². The molecule has 2 N–H and O–H groups in total. The highest BCUT2D eigenvalue weighted by Crippen LogP contribution is 2.22. The number of hydrogen-bond acceptors (Lipinski definition) is 3. The molecule has 0 saturated carbocycles. The molecule has 1 aromatic carbocycles. The van der Waals surface area contributed by atoms with Gasteiger partial charge in [0.2, 0.25) is 0 Å². The molecule has 0 spiro atoms. The predicted octanol–water partition coefficient (Wildman–Crippen LogP) is 2.57. The van der Waals surface area contributed by atoms with Gasteiger partial charge in [-0.25, -0.2) is 0 Å². The first-order valence-corrected chi connectivity index (χ1v) is 9.48. The maximum absolute atomic E-state index is 12.6. The lowest BCUT2D eigenvalue weighted by Crippen LogP contribution is -2.45. The Kier molecular flexibility index (Phi) is 4.53. The second-order valence-electron chi connectivity index (χ2n) is 7.44. The van der Waals surface area contributed by atoms with Crippen molar-refractivity contribution in [3.63, 3.8) is 0 Å². The zero-order valence-corrected chi connectivity index (χ0v) is 15.2. The van der Waals surface area contributed by atoms with E-state index in [1.54, 1.807) is 6.07 Å². The van der Waals surface area contributed by atoms with Gasteiger partial charge in [0, 0.05) is 30.5 Å². The Balaban J connectivity index is 1.39. The Morgan fingerprint density at radius 3 is 2.77 bits per heavy atom. The summed E-state index contributed by atoms with van der Waals surface area (Å²) in [7, 11) is 0. The maximum Gasteiger partial charge on any atom is 0.261 e. The number of amides is 1. The number of piperidine rings is 1. The van der Waals surface area contributed by atoms with E-state index in [0.29, 0.717) is 0 Å². The van der Waals surface area contributed by atoms with Gasteiger partial charge in [-0.15, -0.1) is 0 Å². The van der Waals surface area contributed by atoms with Gasteiger partial charge in [0.05, 0.1) is 0 Å². The van der Waals surface area contributed by atoms with Gasteiger partial charge in [0.15, 0.2) is 0 Å². The Labute approximate surface area is 153 Å². The number of pyridine rings is 1. The number of fused-ring (bicyclic) bond motifs is 1. The topological polar surface area (TPSA) is 65.2 Å². The molecule has 2 aromatic rings. The van der Waals surface area contributed by atoms with E-state index in [1.165, 1.54) is 11.3 Å². The van der Waals surface area contributed by atoms with E-state index in [0.717, 1.165) is 56.5 Å². The van der Waals surface area contributed by atoms with Gasteiger partial charge >= 0.3 is 0 Å². The first kappa shape index (κ1) is 16.9. The minimum Gasteiger partial charge on any atom is -0.371 e. The van der Waals surface area contributed by atoms with Gasteiger partial charge in [-0.2, -0.15) is 0 Å². The number of rotatable bonds is 3. The van der Waals surface area contributed by atoms with Crippen LogP contribution in [0.3, 0.4) is 0 Å². The van der Waals surface area contributed by atoms with Crippen molar-refractivity contribution in [3.8, 4) is 0 Å². The molecule has 2 aliphatic rings. The van der Waals surface area contributed by atoms with Crippen molar-refractivity contribution in [3.05, 3.63) is 63.1 Å². The Bertz CT molecular complexity index is 879. The number of aryl methyl sites for hydroxylation is 3. The first-order chi connectivity index (χ1) is 12.6. The van der Waals surface area contributed by atoms with Crippen molar-refractivity contribution in [1.29, 1.82) is 0 Å². The van der Waals surface area contributed by atoms with Gasteiger partial charge in [0.1, 0.15) is 5.56 Å². The molecule has 1 amide bonds. The zero-order chi connectivity index (χ0) is 18.1. The molecular weight excluding hydrogens is 326 g/mol. The summed E-state index contributed by atoms with van der Waals surface area (Å²) >= 11 is 0. The molecule has 136 valence electrons. The van der Waals surface area contributed by atoms with Gasteiger partial charge in [0.25, 0.3) is 11.5 Å². The monoisotopic (exact) mass is 351 g/mol. The molecule has 1 aliphatic heterocycles. The van der Waals surface area contributed by atoms with Crippen LogP contribution in [0.5, 0.6) is 0 Å². The van der Waals surface area contributed by atoms with Crippen LogP contribution in [0.1, 0.15) is 46.4 Å². The molecule has 4 rings (SSSR count). The number of H-pyrrole nitrogens is 1. The molecule has 26 heavy (non-hydrogen) atoms. The molecule has 1 saturated heterocycles. The molecule has 5 nitrogen and oxygen atoms in total. The van der Waals surface area contributed by atoms with E-state index in [1.807, 2.05) is 0 Å². The van der Waals surface area contributed by atoms with Crippen LogP contribution in [0.4, 0.5) is 5.69 Å². The molecule has 0 unspecified atom stereocenters. The highest BCUT2D eigenvalue weighted by Gasteiger charge is 2.23. The van der Waals surface area contributed by atoms with E-state index in [9.17, 15) is 9.59 Å². The fourth-order valence-electron chi connectivity index (χ4n) is 4.05. The Morgan fingerprint density at radius 1 is 1.19 bits per heavy atom. The van der Waals surface area contributed by atoms with Crippen molar-refractivity contribution in [2.24, 2.45) is 0 Å². The smallest absolute Gasteiger partial charge is 0.261 e. The summed E-state index contributed by atoms with van der Waals surface area (Å²) in [6, 6.07) is 10.4. The van der Waals surface area contributed by atoms with Crippen LogP contribution in [0, 0.1) is 6.92 Å². The molecule has 0 atom stereocenters. The third-order valence-corrected chi connectivity index (χ3v) is 5.53. The van der Waals surface area contributed by atoms with Crippen LogP contribution in [0.2, 0.25) is 0 Å². The van der Waals surface area contributed by atoms with Crippen LogP contribution < -0.4 is 15.8 Å². The highest BCUT2D eigenvalue weighted by molar-refractivity contribution is 5.94. The highest BCUT2D eigenvalue weighted by atomic mass is 16.2. The normalized spacial score (nSPS) is 17.2. The molecule has 1 fully saturated rings. The average Bonchev–Trinajstić information content (AvgIpc) is 3.08. The lowest BCUT2D eigenvalue weighted by Gasteiger charge is -2.34. The molecule has 1 aromatic heterocycles. The SMILES string of the molecule is Cc1cccc(N2CCC(NC(=O)c3cc4c([nH]c3=O)CCC4)CC2)c1. The number of carbonyl (C=O) groups is 1. The third kappa shape index (κ3) is 3.39. The summed E-state index contributed by atoms with van der Waals surface area (Å²) < 4.78 is 0. The van der Waals surface area contributed by atoms with E-state index in [-0.39, 0.29) is 23.1 Å². The zero-order valence-electron chi connectivity index (χ0n) is 15.2. The summed E-state index contributed by atoms with van der Waals surface area (Å²) in [6.45, 7) is 3.93. The number of nitrogens with one attached hydrogen (secondary N) is 2. The van der Waals surface area contributed by atoms with Crippen molar-refractivity contribution in [2.45, 2.75) is 45.1 Å². The van der Waals surface area contributed by atoms with E-state index < -0.39 is 0 Å². The second-order valence-corrected chi connectivity index (χ2v) is 7.44. The molecule has 0 radical (unpaired) electrons. The van der Waals surface area contributed by atoms with E-state index in [2.05, 4.69) is 46.4 Å². The lowest BCUT2D eigenvalue weighted by atomic mass is 10.0. The minimum atomic E-state index is -0.264. The van der Waals surface area contributed by atoms with Crippen molar-refractivity contribution >= 4 is 11.6 Å². The van der Waals surface area contributed by atoms with Gasteiger partial charge in [-0.05, 0) is 68.4 Å². The van der Waals surface area contributed by atoms with E-state index >= 15 is 0 Å². The molecular formula is C21H25N3O2. The van der Waals surface area contributed by atoms with Gasteiger partial charge in [-0.3, -0.25) is 9.59 Å². The quantitative estimate of drug-likeness (QED) is 0.893. The van der Waals surface area contributed by atoms with Crippen molar-refractivity contribution in [2.75, 3.05) is 18.0 Å². The number of hydrogen-bond donors (Lipinski definition) is 2. The average molecular weight is 351 g/mol. The Morgan fingerprint density at radius 2 is 2.00 bits per heavy atom. The van der Waals surface area contributed by atoms with Crippen molar-refractivity contribution in [1.82, 2.24) is 10.3 Å². The third-order valence-electron chi connectivity index (χ3n) is 5.53. The number of carbonyl (C=O) groups excluding carboxylic acids is 1. The second kappa shape index (κ2) is 6.98. The number of aromatic amines is 1. The maximum atomic E-state index is 12.6. The van der Waals surface area contributed by atoms with Crippen LogP contribution in [-0.4, -0.2) is 30.0 Å². The standard InChI is InChI=1S/C21H25N3O2/c1-14-4-2-6-17(12-14)24-10-8-16(9-11-24)22-20(25)18-13-15-5-3-7-19(15)23-21(18)26/h2,4,6,12-13,16H,3,5,7-11H2,1H3,(H,22,25)(H,23,26). The first-order valence-electron chi connectivity index (χ1n) is 9.48. The van der Waals surface area contributed by atoms with Crippen LogP contribution >= 0.6 is 0 Å². The van der Waals surface area contributed by atoms with E-state index in [4.69, 9.17) is 0 Å². The lowest BCUT2D eigenvalue weighted by molar-refractivity contribution is 0.0929. The molecule has 5 heteroatoms. The predicted molar refractivity (Wildman–Crippen MR) is 103 cm³/mol. The number of nitrogens with zero attached hydrogens (tertiary/aromatic N) is 1. The van der Waals surface area contributed by atoms with Crippen LogP contribution in [0.25, 0.3) is 0 Å². The molecule has 1 aliphatic carbocycles. The number of benzene rings is 1. The fourth-order valence-corrected chi connectivity index (χ4v) is 4.05. The van der Waals surface area contributed by atoms with Gasteiger partial charge in [-0.1, -0.05) is 12.1 Å². The largest absolute Gasteiger partial charge is 0.371 e. The van der Waals surface area contributed by atoms with Crippen LogP contribution in [0.15, 0.2) is 35.1 Å². The molecule has 2 heterocycles. The molecule has 0 bridgehead atoms. The summed E-state index contributed by atoms with van der Waals surface area (Å²) in [4.78, 5) is 30.0. The summed E-state index contributed by atoms with van der Waals surface area (Å²) in [6.07, 6.45) is 4.68. The Hall–Kier alpha value is -2.56. The summed E-state index contributed by atoms with van der Waals surface area (Å²) in [5.74, 6) is -0.241. The van der Waals surface area contributed by atoms with Gasteiger partial charge < -0.3 is 15.2 Å².